The van der Waals surface area contributed by atoms with Crippen molar-refractivity contribution in [3.63, 3.8) is 0 Å². The van der Waals surface area contributed by atoms with Crippen LogP contribution in [-0.2, 0) is 0 Å². The third-order valence-corrected chi connectivity index (χ3v) is 5.26. The van der Waals surface area contributed by atoms with Gasteiger partial charge in [0.2, 0.25) is 5.88 Å². The first-order chi connectivity index (χ1) is 14.1. The molecule has 2 aliphatic rings. The number of aliphatic hydroxyl groups excluding tert-OH is 1. The Morgan fingerprint density at radius 3 is 3.14 bits per heavy atom. The molecule has 0 aromatic carbocycles. The highest BCUT2D eigenvalue weighted by atomic mass is 19.1. The molecule has 0 aliphatic carbocycles. The fraction of sp³-hybridized carbons (Fsp3) is 0.368. The summed E-state index contributed by atoms with van der Waals surface area (Å²) in [6, 6.07) is 3.07. The average molecular weight is 398 g/mol. The van der Waals surface area contributed by atoms with Crippen LogP contribution in [-0.4, -0.2) is 56.4 Å². The van der Waals surface area contributed by atoms with E-state index < -0.39 is 11.9 Å². The zero-order chi connectivity index (χ0) is 20.0. The standard InChI is InChI=1S/C19H19FN6O3/c20-11-6-13-15-2-1-4-25(15)16-3-5-26-17(24-16)14(9-23-26)18(28)21-8-12(27)10-29-19(13)22-7-11/h3,5-7,9,12,15,27H,1-2,4,8,10H2,(H,21,28)/t12?,15-/m0/s1. The van der Waals surface area contributed by atoms with E-state index in [1.807, 2.05) is 6.07 Å². The summed E-state index contributed by atoms with van der Waals surface area (Å²) in [6.07, 6.45) is 5.01. The molecule has 1 unspecified atom stereocenters. The highest BCUT2D eigenvalue weighted by molar-refractivity contribution is 5.99. The van der Waals surface area contributed by atoms with Crippen molar-refractivity contribution >= 4 is 17.4 Å². The van der Waals surface area contributed by atoms with E-state index >= 15 is 0 Å². The van der Waals surface area contributed by atoms with E-state index in [9.17, 15) is 14.3 Å². The number of halogens is 1. The van der Waals surface area contributed by atoms with E-state index in [-0.39, 0.29) is 31.0 Å². The number of carbonyl (C=O) groups excluding carboxylic acids is 1. The Morgan fingerprint density at radius 1 is 1.34 bits per heavy atom. The molecule has 2 atom stereocenters. The number of aromatic nitrogens is 4. The minimum atomic E-state index is -0.952. The SMILES string of the molecule is O=C1NCC(O)COc2ncc(F)cc2[C@@H]2CCCN2c2ccn3ncc1c3n2. The lowest BCUT2D eigenvalue weighted by Gasteiger charge is -2.27. The number of hydrogen-bond acceptors (Lipinski definition) is 7. The highest BCUT2D eigenvalue weighted by Crippen LogP contribution is 2.39. The van der Waals surface area contributed by atoms with Gasteiger partial charge in [-0.3, -0.25) is 4.79 Å². The van der Waals surface area contributed by atoms with Gasteiger partial charge in [0.05, 0.1) is 18.4 Å². The van der Waals surface area contributed by atoms with Gasteiger partial charge in [0.25, 0.3) is 5.91 Å². The molecule has 1 amide bonds. The van der Waals surface area contributed by atoms with Crippen molar-refractivity contribution in [2.45, 2.75) is 25.0 Å². The summed E-state index contributed by atoms with van der Waals surface area (Å²) >= 11 is 0. The Morgan fingerprint density at radius 2 is 2.24 bits per heavy atom. The first-order valence-electron chi connectivity index (χ1n) is 9.45. The van der Waals surface area contributed by atoms with E-state index in [1.54, 1.807) is 6.20 Å². The number of amides is 1. The number of aliphatic hydroxyl groups is 1. The molecule has 0 saturated carbocycles. The van der Waals surface area contributed by atoms with Crippen molar-refractivity contribution in [1.29, 1.82) is 0 Å². The number of fused-ring (bicyclic) bond motifs is 5. The van der Waals surface area contributed by atoms with Gasteiger partial charge in [-0.2, -0.15) is 5.10 Å². The van der Waals surface area contributed by atoms with Gasteiger partial charge in [-0.1, -0.05) is 0 Å². The number of anilines is 1. The van der Waals surface area contributed by atoms with Gasteiger partial charge in [-0.25, -0.2) is 18.9 Å². The zero-order valence-electron chi connectivity index (χ0n) is 15.5. The number of hydrogen-bond donors (Lipinski definition) is 2. The molecule has 29 heavy (non-hydrogen) atoms. The Kier molecular flexibility index (Phi) is 4.27. The molecule has 1 saturated heterocycles. The lowest BCUT2D eigenvalue weighted by molar-refractivity contribution is 0.0835. The molecule has 0 radical (unpaired) electrons. The monoisotopic (exact) mass is 398 g/mol. The summed E-state index contributed by atoms with van der Waals surface area (Å²) < 4.78 is 21.2. The lowest BCUT2D eigenvalue weighted by Crippen LogP contribution is -2.35. The van der Waals surface area contributed by atoms with Gasteiger partial charge in [0, 0.05) is 24.8 Å². The number of pyridine rings is 1. The molecule has 10 heteroatoms. The number of nitrogens with zero attached hydrogens (tertiary/aromatic N) is 5. The number of nitrogens with one attached hydrogen (secondary N) is 1. The molecule has 9 nitrogen and oxygen atoms in total. The van der Waals surface area contributed by atoms with Crippen LogP contribution < -0.4 is 15.0 Å². The molecule has 2 bridgehead atoms. The Bertz CT molecular complexity index is 1090. The van der Waals surface area contributed by atoms with Crippen LogP contribution in [0.1, 0.15) is 34.8 Å². The number of rotatable bonds is 0. The third kappa shape index (κ3) is 3.15. The molecule has 2 N–H and O–H groups in total. The lowest BCUT2D eigenvalue weighted by atomic mass is 10.1. The van der Waals surface area contributed by atoms with Crippen LogP contribution in [0.4, 0.5) is 10.2 Å². The maximum atomic E-state index is 14.0. The summed E-state index contributed by atoms with van der Waals surface area (Å²) in [7, 11) is 0. The van der Waals surface area contributed by atoms with Gasteiger partial charge in [-0.15, -0.1) is 0 Å². The summed E-state index contributed by atoms with van der Waals surface area (Å²) in [6.45, 7) is 0.635. The van der Waals surface area contributed by atoms with E-state index in [2.05, 4.69) is 25.3 Å². The van der Waals surface area contributed by atoms with Crippen LogP contribution in [0.2, 0.25) is 0 Å². The molecule has 3 aromatic heterocycles. The fourth-order valence-electron chi connectivity index (χ4n) is 3.89. The van der Waals surface area contributed by atoms with E-state index in [4.69, 9.17) is 4.74 Å². The first-order valence-corrected chi connectivity index (χ1v) is 9.45. The predicted octanol–water partition coefficient (Wildman–Crippen LogP) is 1.09. The first kappa shape index (κ1) is 17.8. The van der Waals surface area contributed by atoms with E-state index in [0.29, 0.717) is 22.6 Å². The van der Waals surface area contributed by atoms with Gasteiger partial charge in [0.15, 0.2) is 5.65 Å². The average Bonchev–Trinajstić information content (AvgIpc) is 3.37. The largest absolute Gasteiger partial charge is 0.475 e. The minimum absolute atomic E-state index is 0.0120. The topological polar surface area (TPSA) is 105 Å². The van der Waals surface area contributed by atoms with Crippen molar-refractivity contribution in [3.05, 3.63) is 47.7 Å². The van der Waals surface area contributed by atoms with Gasteiger partial charge in [0.1, 0.15) is 29.9 Å². The second-order valence-electron chi connectivity index (χ2n) is 7.19. The van der Waals surface area contributed by atoms with Crippen molar-refractivity contribution in [1.82, 2.24) is 24.9 Å². The third-order valence-electron chi connectivity index (χ3n) is 5.26. The van der Waals surface area contributed by atoms with Crippen molar-refractivity contribution in [3.8, 4) is 5.88 Å². The molecule has 5 heterocycles. The summed E-state index contributed by atoms with van der Waals surface area (Å²) in [5.41, 5.74) is 1.36. The molecule has 5 rings (SSSR count). The number of β-amino-alcohol motifs (C(OH)–C–C–N with tert-alkyl or cyclic N) is 1. The number of carbonyl (C=O) groups is 1. The van der Waals surface area contributed by atoms with E-state index in [0.717, 1.165) is 25.6 Å². The van der Waals surface area contributed by atoms with Gasteiger partial charge >= 0.3 is 0 Å². The maximum Gasteiger partial charge on any atom is 0.256 e. The minimum Gasteiger partial charge on any atom is -0.475 e. The smallest absolute Gasteiger partial charge is 0.256 e. The molecule has 0 spiro atoms. The quantitative estimate of drug-likeness (QED) is 0.584. The molecular weight excluding hydrogens is 379 g/mol. The van der Waals surface area contributed by atoms with Crippen molar-refractivity contribution in [2.24, 2.45) is 0 Å². The van der Waals surface area contributed by atoms with Crippen LogP contribution in [0.5, 0.6) is 5.88 Å². The summed E-state index contributed by atoms with van der Waals surface area (Å²) in [5.74, 6) is 0.118. The van der Waals surface area contributed by atoms with Crippen LogP contribution in [0.25, 0.3) is 5.65 Å². The molecular formula is C19H19FN6O3. The molecule has 1 fully saturated rings. The van der Waals surface area contributed by atoms with E-state index in [1.165, 1.54) is 16.8 Å². The van der Waals surface area contributed by atoms with Crippen molar-refractivity contribution < 1.29 is 19.0 Å². The molecule has 3 aromatic rings. The Hall–Kier alpha value is -3.27. The Balaban J connectivity index is 1.66. The van der Waals surface area contributed by atoms with Crippen LogP contribution in [0.3, 0.4) is 0 Å². The molecule has 2 aliphatic heterocycles. The Labute approximate surface area is 165 Å². The second kappa shape index (κ2) is 6.96. The molecule has 150 valence electrons. The maximum absolute atomic E-state index is 14.0. The normalized spacial score (nSPS) is 22.0. The van der Waals surface area contributed by atoms with Gasteiger partial charge in [-0.05, 0) is 25.0 Å². The second-order valence-corrected chi connectivity index (χ2v) is 7.19. The van der Waals surface area contributed by atoms with Crippen LogP contribution in [0.15, 0.2) is 30.7 Å². The summed E-state index contributed by atoms with van der Waals surface area (Å²) in [4.78, 5) is 23.4. The summed E-state index contributed by atoms with van der Waals surface area (Å²) in [5, 5.41) is 17.0. The van der Waals surface area contributed by atoms with Crippen LogP contribution in [0, 0.1) is 5.82 Å². The fourth-order valence-corrected chi connectivity index (χ4v) is 3.89. The highest BCUT2D eigenvalue weighted by Gasteiger charge is 2.31. The van der Waals surface area contributed by atoms with Crippen molar-refractivity contribution in [2.75, 3.05) is 24.6 Å². The zero-order valence-corrected chi connectivity index (χ0v) is 15.5. The van der Waals surface area contributed by atoms with Crippen LogP contribution >= 0.6 is 0 Å². The van der Waals surface area contributed by atoms with Gasteiger partial charge < -0.3 is 20.1 Å². The predicted molar refractivity (Wildman–Crippen MR) is 100 cm³/mol. The number of ether oxygens (including phenoxy) is 1.